The number of likely N-dealkylation sites (tertiary alicyclic amines) is 1. The molecule has 1 N–H and O–H groups in total. The number of nitrogens with one attached hydrogen (secondary N) is 1. The third-order valence-corrected chi connectivity index (χ3v) is 6.26. The quantitative estimate of drug-likeness (QED) is 0.596. The molecular weight excluding hydrogens is 408 g/mol. The molecule has 1 fully saturated rings. The van der Waals surface area contributed by atoms with Gasteiger partial charge in [0.25, 0.3) is 0 Å². The van der Waals surface area contributed by atoms with Crippen LogP contribution in [0.25, 0.3) is 0 Å². The summed E-state index contributed by atoms with van der Waals surface area (Å²) in [6, 6.07) is 16.4. The fraction of sp³-hybridized carbons (Fsp3) is 0.360. The summed E-state index contributed by atoms with van der Waals surface area (Å²) in [6.45, 7) is 6.17. The highest BCUT2D eigenvalue weighted by Crippen LogP contribution is 2.20. The van der Waals surface area contributed by atoms with Gasteiger partial charge in [0, 0.05) is 43.0 Å². The molecule has 0 spiro atoms. The van der Waals surface area contributed by atoms with Crippen molar-refractivity contribution in [3.05, 3.63) is 88.5 Å². The van der Waals surface area contributed by atoms with E-state index >= 15 is 0 Å². The van der Waals surface area contributed by atoms with Crippen LogP contribution in [0.15, 0.2) is 60.9 Å². The normalized spacial score (nSPS) is 15.2. The van der Waals surface area contributed by atoms with E-state index in [1.165, 1.54) is 11.1 Å². The van der Waals surface area contributed by atoms with Crippen LogP contribution < -0.4 is 5.32 Å². The van der Waals surface area contributed by atoms with Crippen molar-refractivity contribution in [2.45, 2.75) is 39.4 Å². The Kier molecular flexibility index (Phi) is 7.05. The maximum absolute atomic E-state index is 12.7. The van der Waals surface area contributed by atoms with E-state index in [-0.39, 0.29) is 11.8 Å². The van der Waals surface area contributed by atoms with Gasteiger partial charge in [-0.15, -0.1) is 0 Å². The van der Waals surface area contributed by atoms with Gasteiger partial charge >= 0.3 is 0 Å². The summed E-state index contributed by atoms with van der Waals surface area (Å²) in [6.07, 6.45) is 5.61. The molecule has 4 rings (SSSR count). The lowest BCUT2D eigenvalue weighted by Crippen LogP contribution is -2.40. The van der Waals surface area contributed by atoms with Crippen LogP contribution in [-0.2, 0) is 24.4 Å². The summed E-state index contributed by atoms with van der Waals surface area (Å²) in [4.78, 5) is 19.4. The molecule has 0 aliphatic carbocycles. The maximum atomic E-state index is 12.7. The smallest absolute Gasteiger partial charge is 0.223 e. The van der Waals surface area contributed by atoms with Gasteiger partial charge in [0.15, 0.2) is 0 Å². The second-order valence-electron chi connectivity index (χ2n) is 8.32. The van der Waals surface area contributed by atoms with E-state index in [2.05, 4.69) is 56.2 Å². The number of amides is 1. The van der Waals surface area contributed by atoms with Gasteiger partial charge in [-0.3, -0.25) is 9.69 Å². The Morgan fingerprint density at radius 3 is 2.52 bits per heavy atom. The molecule has 2 heterocycles. The first-order valence-electron chi connectivity index (χ1n) is 10.9. The minimum atomic E-state index is 0.0956. The number of rotatable bonds is 7. The molecule has 0 atom stereocenters. The molecule has 31 heavy (non-hydrogen) atoms. The van der Waals surface area contributed by atoms with Crippen molar-refractivity contribution < 1.29 is 4.79 Å². The minimum Gasteiger partial charge on any atom is -0.352 e. The van der Waals surface area contributed by atoms with Crippen LogP contribution in [0.2, 0.25) is 5.02 Å². The average Bonchev–Trinajstić information content (AvgIpc) is 3.19. The monoisotopic (exact) mass is 436 g/mol. The molecule has 0 saturated carbocycles. The Balaban J connectivity index is 1.24. The highest BCUT2D eigenvalue weighted by Gasteiger charge is 2.24. The fourth-order valence-electron chi connectivity index (χ4n) is 4.14. The molecule has 1 amide bonds. The van der Waals surface area contributed by atoms with Crippen molar-refractivity contribution in [1.82, 2.24) is 19.8 Å². The van der Waals surface area contributed by atoms with Crippen LogP contribution in [0, 0.1) is 12.8 Å². The SMILES string of the molecule is Cc1nccn1Cc1cccc(CNC(=O)C2CCN(Cc3ccc(Cl)cc3)CC2)c1. The van der Waals surface area contributed by atoms with Crippen molar-refractivity contribution in [1.29, 1.82) is 0 Å². The van der Waals surface area contributed by atoms with E-state index in [1.54, 1.807) is 0 Å². The summed E-state index contributed by atoms with van der Waals surface area (Å²) in [7, 11) is 0. The summed E-state index contributed by atoms with van der Waals surface area (Å²) >= 11 is 5.97. The Morgan fingerprint density at radius 1 is 1.06 bits per heavy atom. The number of hydrogen-bond donors (Lipinski definition) is 1. The van der Waals surface area contributed by atoms with Crippen molar-refractivity contribution in [2.24, 2.45) is 5.92 Å². The first kappa shape index (κ1) is 21.6. The molecule has 1 aliphatic rings. The Labute approximate surface area is 189 Å². The largest absolute Gasteiger partial charge is 0.352 e. The molecule has 1 aliphatic heterocycles. The molecule has 1 aromatic heterocycles. The lowest BCUT2D eigenvalue weighted by atomic mass is 9.95. The summed E-state index contributed by atoms with van der Waals surface area (Å²) in [5.74, 6) is 1.27. The van der Waals surface area contributed by atoms with Crippen molar-refractivity contribution in [3.8, 4) is 0 Å². The van der Waals surface area contributed by atoms with E-state index in [0.717, 1.165) is 55.4 Å². The second kappa shape index (κ2) is 10.1. The first-order valence-corrected chi connectivity index (χ1v) is 11.2. The van der Waals surface area contributed by atoms with Crippen LogP contribution in [0.4, 0.5) is 0 Å². The van der Waals surface area contributed by atoms with E-state index < -0.39 is 0 Å². The summed E-state index contributed by atoms with van der Waals surface area (Å²) in [5, 5.41) is 3.91. The van der Waals surface area contributed by atoms with Crippen molar-refractivity contribution in [2.75, 3.05) is 13.1 Å². The molecule has 6 heteroatoms. The third kappa shape index (κ3) is 5.96. The molecule has 3 aromatic rings. The topological polar surface area (TPSA) is 50.2 Å². The zero-order valence-corrected chi connectivity index (χ0v) is 18.7. The predicted molar refractivity (Wildman–Crippen MR) is 124 cm³/mol. The van der Waals surface area contributed by atoms with E-state index in [1.807, 2.05) is 31.5 Å². The third-order valence-electron chi connectivity index (χ3n) is 6.01. The number of piperidine rings is 1. The first-order chi connectivity index (χ1) is 15.1. The molecule has 1 saturated heterocycles. The Hall–Kier alpha value is -2.63. The Bertz CT molecular complexity index is 1010. The number of carbonyl (C=O) groups is 1. The number of nitrogens with zero attached hydrogens (tertiary/aromatic N) is 3. The van der Waals surface area contributed by atoms with E-state index in [9.17, 15) is 4.79 Å². The predicted octanol–water partition coefficient (Wildman–Crippen LogP) is 4.42. The van der Waals surface area contributed by atoms with Gasteiger partial charge in [-0.2, -0.15) is 0 Å². The van der Waals surface area contributed by atoms with Gasteiger partial charge in [-0.1, -0.05) is 48.0 Å². The average molecular weight is 437 g/mol. The van der Waals surface area contributed by atoms with Gasteiger partial charge in [0.05, 0.1) is 0 Å². The van der Waals surface area contributed by atoms with Crippen molar-refractivity contribution >= 4 is 17.5 Å². The number of carbonyl (C=O) groups excluding carboxylic acids is 1. The Morgan fingerprint density at radius 2 is 1.81 bits per heavy atom. The molecule has 0 radical (unpaired) electrons. The van der Waals surface area contributed by atoms with Crippen LogP contribution >= 0.6 is 11.6 Å². The molecule has 2 aromatic carbocycles. The molecular formula is C25H29ClN4O. The minimum absolute atomic E-state index is 0.0956. The maximum Gasteiger partial charge on any atom is 0.223 e. The standard InChI is InChI=1S/C25H29ClN4O/c1-19-27-11-14-30(19)18-22-4-2-3-21(15-22)16-28-25(31)23-9-12-29(13-10-23)17-20-5-7-24(26)8-6-20/h2-8,11,14-15,23H,9-10,12-13,16-18H2,1H3,(H,28,31). The lowest BCUT2D eigenvalue weighted by molar-refractivity contribution is -0.126. The van der Waals surface area contributed by atoms with Crippen LogP contribution in [-0.4, -0.2) is 33.4 Å². The molecule has 0 bridgehead atoms. The fourth-order valence-corrected chi connectivity index (χ4v) is 4.27. The lowest BCUT2D eigenvalue weighted by Gasteiger charge is -2.31. The summed E-state index contributed by atoms with van der Waals surface area (Å²) < 4.78 is 2.12. The molecule has 162 valence electrons. The van der Waals surface area contributed by atoms with Gasteiger partial charge in [-0.05, 0) is 61.7 Å². The number of benzene rings is 2. The summed E-state index contributed by atoms with van der Waals surface area (Å²) in [5.41, 5.74) is 3.60. The number of halogens is 1. The highest BCUT2D eigenvalue weighted by molar-refractivity contribution is 6.30. The number of imidazole rings is 1. The second-order valence-corrected chi connectivity index (χ2v) is 8.75. The van der Waals surface area contributed by atoms with Gasteiger partial charge < -0.3 is 9.88 Å². The van der Waals surface area contributed by atoms with Crippen LogP contribution in [0.5, 0.6) is 0 Å². The van der Waals surface area contributed by atoms with Gasteiger partial charge in [0.2, 0.25) is 5.91 Å². The van der Waals surface area contributed by atoms with E-state index in [0.29, 0.717) is 6.54 Å². The van der Waals surface area contributed by atoms with Crippen LogP contribution in [0.1, 0.15) is 35.4 Å². The highest BCUT2D eigenvalue weighted by atomic mass is 35.5. The number of hydrogen-bond acceptors (Lipinski definition) is 3. The van der Waals surface area contributed by atoms with Crippen LogP contribution in [0.3, 0.4) is 0 Å². The zero-order valence-electron chi connectivity index (χ0n) is 17.9. The number of aryl methyl sites for hydroxylation is 1. The molecule has 5 nitrogen and oxygen atoms in total. The van der Waals surface area contributed by atoms with Crippen molar-refractivity contribution in [3.63, 3.8) is 0 Å². The zero-order chi connectivity index (χ0) is 21.6. The van der Waals surface area contributed by atoms with Gasteiger partial charge in [-0.25, -0.2) is 4.98 Å². The van der Waals surface area contributed by atoms with Gasteiger partial charge in [0.1, 0.15) is 5.82 Å². The number of aromatic nitrogens is 2. The van der Waals surface area contributed by atoms with E-state index in [4.69, 9.17) is 11.6 Å². The molecule has 0 unspecified atom stereocenters.